The molecule has 4 nitrogen and oxygen atoms in total. The Morgan fingerprint density at radius 1 is 0.404 bits per heavy atom. The van der Waals surface area contributed by atoms with Crippen LogP contribution in [0.3, 0.4) is 0 Å². The zero-order valence-electron chi connectivity index (χ0n) is 25.3. The maximum Gasteiger partial charge on any atom is 0.160 e. The predicted molar refractivity (Wildman–Crippen MR) is 192 cm³/mol. The molecule has 3 aromatic heterocycles. The van der Waals surface area contributed by atoms with Gasteiger partial charge in [-0.05, 0) is 29.3 Å². The number of hydrogen-bond donors (Lipinski definition) is 0. The van der Waals surface area contributed by atoms with Crippen molar-refractivity contribution in [3.05, 3.63) is 164 Å². The molecule has 0 aliphatic rings. The Morgan fingerprint density at radius 2 is 1.00 bits per heavy atom. The van der Waals surface area contributed by atoms with Crippen LogP contribution in [0.1, 0.15) is 0 Å². The maximum absolute atomic E-state index is 6.69. The standard InChI is InChI=1S/C43H27N3O/c1-4-13-28(14-5-1)29-23-25-30(26-24-29)36-27-37(46-43(45-36)32-17-8-3-9-18-32)33-20-12-21-35-39(33)42-40(34-19-10-11-22-38(34)47-42)41(44-35)31-15-6-2-7-16-31/h1-27H. The van der Waals surface area contributed by atoms with Crippen LogP contribution in [0.25, 0.3) is 89.1 Å². The minimum absolute atomic E-state index is 0.664. The van der Waals surface area contributed by atoms with Gasteiger partial charge >= 0.3 is 0 Å². The lowest BCUT2D eigenvalue weighted by molar-refractivity contribution is 0.672. The van der Waals surface area contributed by atoms with Crippen LogP contribution in [0, 0.1) is 0 Å². The normalized spacial score (nSPS) is 11.4. The molecule has 0 spiro atoms. The molecule has 0 aliphatic heterocycles. The third-order valence-corrected chi connectivity index (χ3v) is 8.70. The van der Waals surface area contributed by atoms with Crippen molar-refractivity contribution >= 4 is 32.8 Å². The monoisotopic (exact) mass is 601 g/mol. The van der Waals surface area contributed by atoms with Crippen molar-refractivity contribution in [2.75, 3.05) is 0 Å². The third kappa shape index (κ3) is 4.75. The van der Waals surface area contributed by atoms with Gasteiger partial charge in [0, 0.05) is 27.6 Å². The summed E-state index contributed by atoms with van der Waals surface area (Å²) in [4.78, 5) is 15.5. The number of furan rings is 1. The number of aromatic nitrogens is 3. The van der Waals surface area contributed by atoms with Crippen LogP contribution < -0.4 is 0 Å². The van der Waals surface area contributed by atoms with Gasteiger partial charge in [0.05, 0.1) is 33.4 Å². The van der Waals surface area contributed by atoms with E-state index < -0.39 is 0 Å². The average Bonchev–Trinajstić information content (AvgIpc) is 3.55. The highest BCUT2D eigenvalue weighted by Crippen LogP contribution is 2.43. The molecule has 0 amide bonds. The highest BCUT2D eigenvalue weighted by atomic mass is 16.3. The van der Waals surface area contributed by atoms with E-state index in [-0.39, 0.29) is 0 Å². The molecule has 4 heteroatoms. The summed E-state index contributed by atoms with van der Waals surface area (Å²) in [6.45, 7) is 0. The lowest BCUT2D eigenvalue weighted by Gasteiger charge is -2.13. The van der Waals surface area contributed by atoms with E-state index >= 15 is 0 Å². The first-order valence-electron chi connectivity index (χ1n) is 15.7. The van der Waals surface area contributed by atoms with Crippen molar-refractivity contribution in [1.82, 2.24) is 15.0 Å². The summed E-state index contributed by atoms with van der Waals surface area (Å²) in [5.74, 6) is 0.664. The molecule has 9 aromatic rings. The highest BCUT2D eigenvalue weighted by Gasteiger charge is 2.21. The first-order valence-corrected chi connectivity index (χ1v) is 15.7. The largest absolute Gasteiger partial charge is 0.455 e. The van der Waals surface area contributed by atoms with Gasteiger partial charge in [0.2, 0.25) is 0 Å². The van der Waals surface area contributed by atoms with E-state index in [2.05, 4.69) is 97.1 Å². The number of para-hydroxylation sites is 1. The molecule has 220 valence electrons. The van der Waals surface area contributed by atoms with Crippen LogP contribution in [0.5, 0.6) is 0 Å². The molecule has 0 bridgehead atoms. The lowest BCUT2D eigenvalue weighted by atomic mass is 9.97. The molecule has 0 N–H and O–H groups in total. The smallest absolute Gasteiger partial charge is 0.160 e. The fourth-order valence-electron chi connectivity index (χ4n) is 6.44. The average molecular weight is 602 g/mol. The van der Waals surface area contributed by atoms with Gasteiger partial charge in [-0.2, -0.15) is 0 Å². The van der Waals surface area contributed by atoms with Gasteiger partial charge in [-0.25, -0.2) is 15.0 Å². The van der Waals surface area contributed by atoms with Crippen LogP contribution in [-0.4, -0.2) is 15.0 Å². The molecular formula is C43H27N3O. The van der Waals surface area contributed by atoms with Gasteiger partial charge < -0.3 is 4.42 Å². The number of hydrogen-bond acceptors (Lipinski definition) is 4. The second kappa shape index (κ2) is 11.2. The maximum atomic E-state index is 6.69. The van der Waals surface area contributed by atoms with Crippen LogP contribution in [0.15, 0.2) is 168 Å². The van der Waals surface area contributed by atoms with E-state index in [1.54, 1.807) is 0 Å². The second-order valence-electron chi connectivity index (χ2n) is 11.6. The van der Waals surface area contributed by atoms with Gasteiger partial charge in [-0.15, -0.1) is 0 Å². The summed E-state index contributed by atoms with van der Waals surface area (Å²) >= 11 is 0. The van der Waals surface area contributed by atoms with Crippen molar-refractivity contribution in [2.24, 2.45) is 0 Å². The molecule has 47 heavy (non-hydrogen) atoms. The van der Waals surface area contributed by atoms with Gasteiger partial charge in [0.1, 0.15) is 11.2 Å². The number of fused-ring (bicyclic) bond motifs is 5. The Bertz CT molecular complexity index is 2540. The summed E-state index contributed by atoms with van der Waals surface area (Å²) in [5, 5.41) is 2.97. The van der Waals surface area contributed by atoms with E-state index in [9.17, 15) is 0 Å². The van der Waals surface area contributed by atoms with E-state index in [1.165, 1.54) is 5.56 Å². The van der Waals surface area contributed by atoms with Gasteiger partial charge in [-0.3, -0.25) is 0 Å². The van der Waals surface area contributed by atoms with Crippen molar-refractivity contribution in [2.45, 2.75) is 0 Å². The summed E-state index contributed by atoms with van der Waals surface area (Å²) < 4.78 is 6.69. The SMILES string of the molecule is c1ccc(-c2ccc(-c3cc(-c4cccc5nc(-c6ccccc6)c6c7ccccc7oc6c45)nc(-c4ccccc4)n3)cc2)cc1. The Morgan fingerprint density at radius 3 is 1.74 bits per heavy atom. The van der Waals surface area contributed by atoms with E-state index in [1.807, 2.05) is 66.7 Å². The molecule has 0 unspecified atom stereocenters. The Balaban J connectivity index is 1.30. The molecule has 0 saturated heterocycles. The molecule has 0 saturated carbocycles. The van der Waals surface area contributed by atoms with Gasteiger partial charge in [-0.1, -0.05) is 146 Å². The zero-order valence-corrected chi connectivity index (χ0v) is 25.3. The molecule has 0 fully saturated rings. The quantitative estimate of drug-likeness (QED) is 0.197. The molecule has 0 atom stereocenters. The van der Waals surface area contributed by atoms with Crippen LogP contribution >= 0.6 is 0 Å². The summed E-state index contributed by atoms with van der Waals surface area (Å²) in [5.41, 5.74) is 11.3. The van der Waals surface area contributed by atoms with Crippen molar-refractivity contribution in [3.8, 4) is 56.3 Å². The van der Waals surface area contributed by atoms with E-state index in [0.29, 0.717) is 5.82 Å². The molecular weight excluding hydrogens is 574 g/mol. The molecule has 0 aliphatic carbocycles. The Labute approximate surface area is 271 Å². The minimum atomic E-state index is 0.664. The van der Waals surface area contributed by atoms with E-state index in [0.717, 1.165) is 77.7 Å². The van der Waals surface area contributed by atoms with Crippen LogP contribution in [-0.2, 0) is 0 Å². The van der Waals surface area contributed by atoms with E-state index in [4.69, 9.17) is 19.4 Å². The number of benzene rings is 6. The van der Waals surface area contributed by atoms with Crippen molar-refractivity contribution < 1.29 is 4.42 Å². The fraction of sp³-hybridized carbons (Fsp3) is 0. The first kappa shape index (κ1) is 27.0. The van der Waals surface area contributed by atoms with Crippen LogP contribution in [0.2, 0.25) is 0 Å². The Hall–Kier alpha value is -6.39. The highest BCUT2D eigenvalue weighted by molar-refractivity contribution is 6.22. The Kier molecular flexibility index (Phi) is 6.43. The molecule has 3 heterocycles. The minimum Gasteiger partial charge on any atom is -0.455 e. The summed E-state index contributed by atoms with van der Waals surface area (Å²) in [7, 11) is 0. The first-order chi connectivity index (χ1) is 23.3. The van der Waals surface area contributed by atoms with Crippen LogP contribution in [0.4, 0.5) is 0 Å². The topological polar surface area (TPSA) is 51.8 Å². The summed E-state index contributed by atoms with van der Waals surface area (Å²) in [6, 6.07) is 56.0. The summed E-state index contributed by atoms with van der Waals surface area (Å²) in [6.07, 6.45) is 0. The fourth-order valence-corrected chi connectivity index (χ4v) is 6.44. The number of nitrogens with zero attached hydrogens (tertiary/aromatic N) is 3. The van der Waals surface area contributed by atoms with Gasteiger partial charge in [0.15, 0.2) is 5.82 Å². The molecule has 6 aromatic carbocycles. The second-order valence-corrected chi connectivity index (χ2v) is 11.6. The zero-order chi connectivity index (χ0) is 31.2. The molecule has 0 radical (unpaired) electrons. The number of pyridine rings is 1. The van der Waals surface area contributed by atoms with Crippen molar-refractivity contribution in [3.63, 3.8) is 0 Å². The van der Waals surface area contributed by atoms with Crippen molar-refractivity contribution in [1.29, 1.82) is 0 Å². The predicted octanol–water partition coefficient (Wildman–Crippen LogP) is 11.3. The third-order valence-electron chi connectivity index (χ3n) is 8.70. The number of rotatable bonds is 5. The van der Waals surface area contributed by atoms with Gasteiger partial charge in [0.25, 0.3) is 0 Å². The lowest BCUT2D eigenvalue weighted by Crippen LogP contribution is -1.97. The molecule has 9 rings (SSSR count).